The normalized spacial score (nSPS) is 12.3. The fourth-order valence-corrected chi connectivity index (χ4v) is 1.92. The van der Waals surface area contributed by atoms with Crippen molar-refractivity contribution in [2.45, 2.75) is 32.7 Å². The molecule has 0 aromatic carbocycles. The van der Waals surface area contributed by atoms with Gasteiger partial charge in [-0.3, -0.25) is 9.59 Å². The van der Waals surface area contributed by atoms with Crippen LogP contribution in [0.2, 0.25) is 0 Å². The lowest BCUT2D eigenvalue weighted by Crippen LogP contribution is -2.34. The number of nitrogens with two attached hydrogens (primary N) is 1. The van der Waals surface area contributed by atoms with Crippen molar-refractivity contribution >= 4 is 27.9 Å². The number of hydrogen-bond donors (Lipinski definition) is 1. The molecule has 0 amide bonds. The molecule has 0 aromatic rings. The van der Waals surface area contributed by atoms with Gasteiger partial charge in [-0.15, -0.1) is 0 Å². The highest BCUT2D eigenvalue weighted by Gasteiger charge is 2.31. The first kappa shape index (κ1) is 16.4. The van der Waals surface area contributed by atoms with Crippen molar-refractivity contribution in [3.05, 3.63) is 0 Å². The summed E-state index contributed by atoms with van der Waals surface area (Å²) >= 11 is 3.26. The largest absolute Gasteiger partial charge is 0.465 e. The van der Waals surface area contributed by atoms with Gasteiger partial charge in [0.05, 0.1) is 13.2 Å². The van der Waals surface area contributed by atoms with Gasteiger partial charge in [-0.05, 0) is 26.7 Å². The summed E-state index contributed by atoms with van der Waals surface area (Å²) in [7, 11) is 0. The van der Waals surface area contributed by atoms with Crippen molar-refractivity contribution in [1.29, 1.82) is 0 Å². The smallest absolute Gasteiger partial charge is 0.320 e. The molecule has 0 saturated carbocycles. The first-order chi connectivity index (χ1) is 8.06. The highest BCUT2D eigenvalue weighted by molar-refractivity contribution is 9.09. The average Bonchev–Trinajstić information content (AvgIpc) is 2.26. The number of hydrogen-bond acceptors (Lipinski definition) is 5. The molecule has 1 atom stereocenters. The SMILES string of the molecule is CCOC(=O)C(CC(N)CCBr)C(=O)OCC. The number of alkyl halides is 1. The number of esters is 2. The highest BCUT2D eigenvalue weighted by atomic mass is 79.9. The Hall–Kier alpha value is -0.620. The van der Waals surface area contributed by atoms with Crippen LogP contribution in [0.15, 0.2) is 0 Å². The van der Waals surface area contributed by atoms with E-state index in [1.807, 2.05) is 0 Å². The van der Waals surface area contributed by atoms with Crippen LogP contribution in [0, 0.1) is 5.92 Å². The minimum Gasteiger partial charge on any atom is -0.465 e. The van der Waals surface area contributed by atoms with Gasteiger partial charge in [-0.25, -0.2) is 0 Å². The summed E-state index contributed by atoms with van der Waals surface area (Å²) < 4.78 is 9.69. The average molecular weight is 310 g/mol. The molecule has 17 heavy (non-hydrogen) atoms. The Bertz CT molecular complexity index is 230. The molecule has 0 aromatic heterocycles. The molecule has 0 rings (SSSR count). The zero-order valence-electron chi connectivity index (χ0n) is 10.3. The third kappa shape index (κ3) is 6.63. The van der Waals surface area contributed by atoms with Crippen LogP contribution in [0.25, 0.3) is 0 Å². The Balaban J connectivity index is 4.49. The van der Waals surface area contributed by atoms with Crippen molar-refractivity contribution in [3.63, 3.8) is 0 Å². The summed E-state index contributed by atoms with van der Waals surface area (Å²) in [5.74, 6) is -2.03. The molecule has 0 heterocycles. The molecule has 0 bridgehead atoms. The van der Waals surface area contributed by atoms with Crippen LogP contribution in [-0.4, -0.2) is 36.5 Å². The summed E-state index contributed by atoms with van der Waals surface area (Å²) in [6, 6.07) is -0.229. The third-order valence-electron chi connectivity index (χ3n) is 2.16. The van der Waals surface area contributed by atoms with Crippen LogP contribution in [-0.2, 0) is 19.1 Å². The lowest BCUT2D eigenvalue weighted by Gasteiger charge is -2.17. The van der Waals surface area contributed by atoms with Crippen LogP contribution in [0.4, 0.5) is 0 Å². The fraction of sp³-hybridized carbons (Fsp3) is 0.818. The van der Waals surface area contributed by atoms with Crippen LogP contribution >= 0.6 is 15.9 Å². The summed E-state index contributed by atoms with van der Waals surface area (Å²) in [4.78, 5) is 23.2. The van der Waals surface area contributed by atoms with Crippen molar-refractivity contribution < 1.29 is 19.1 Å². The number of carbonyl (C=O) groups excluding carboxylic acids is 2. The van der Waals surface area contributed by atoms with E-state index in [4.69, 9.17) is 15.2 Å². The van der Waals surface area contributed by atoms with Crippen molar-refractivity contribution in [3.8, 4) is 0 Å². The molecule has 0 fully saturated rings. The van der Waals surface area contributed by atoms with Gasteiger partial charge in [0.1, 0.15) is 0 Å². The maximum atomic E-state index is 11.6. The maximum absolute atomic E-state index is 11.6. The van der Waals surface area contributed by atoms with Gasteiger partial charge < -0.3 is 15.2 Å². The molecule has 0 aliphatic heterocycles. The zero-order chi connectivity index (χ0) is 13.3. The predicted octanol–water partition coefficient (Wildman–Crippen LogP) is 1.23. The van der Waals surface area contributed by atoms with Gasteiger partial charge in [-0.2, -0.15) is 0 Å². The van der Waals surface area contributed by atoms with Gasteiger partial charge >= 0.3 is 11.9 Å². The lowest BCUT2D eigenvalue weighted by atomic mass is 9.99. The third-order valence-corrected chi connectivity index (χ3v) is 2.62. The van der Waals surface area contributed by atoms with Gasteiger partial charge in [0.25, 0.3) is 0 Å². The first-order valence-corrected chi connectivity index (χ1v) is 6.83. The molecule has 0 saturated heterocycles. The maximum Gasteiger partial charge on any atom is 0.320 e. The second-order valence-electron chi connectivity index (χ2n) is 3.53. The van der Waals surface area contributed by atoms with Gasteiger partial charge in [-0.1, -0.05) is 15.9 Å². The summed E-state index contributed by atoms with van der Waals surface area (Å²) in [5.41, 5.74) is 5.81. The fourth-order valence-electron chi connectivity index (χ4n) is 1.34. The van der Waals surface area contributed by atoms with E-state index in [1.54, 1.807) is 13.8 Å². The Morgan fingerprint density at radius 3 is 2.00 bits per heavy atom. The van der Waals surface area contributed by atoms with E-state index in [1.165, 1.54) is 0 Å². The van der Waals surface area contributed by atoms with Crippen molar-refractivity contribution in [1.82, 2.24) is 0 Å². The molecule has 2 N–H and O–H groups in total. The van der Waals surface area contributed by atoms with Crippen molar-refractivity contribution in [2.24, 2.45) is 11.7 Å². The summed E-state index contributed by atoms with van der Waals surface area (Å²) in [5, 5.41) is 0.729. The molecule has 5 nitrogen and oxygen atoms in total. The molecular weight excluding hydrogens is 290 g/mol. The van der Waals surface area contributed by atoms with Gasteiger partial charge in [0.2, 0.25) is 0 Å². The van der Waals surface area contributed by atoms with Crippen molar-refractivity contribution in [2.75, 3.05) is 18.5 Å². The minimum absolute atomic E-state index is 0.229. The molecule has 0 spiro atoms. The monoisotopic (exact) mass is 309 g/mol. The molecule has 6 heteroatoms. The Labute approximate surface area is 110 Å². The van der Waals surface area contributed by atoms with Gasteiger partial charge in [0.15, 0.2) is 5.92 Å². The van der Waals surface area contributed by atoms with E-state index >= 15 is 0 Å². The Morgan fingerprint density at radius 1 is 1.18 bits per heavy atom. The Morgan fingerprint density at radius 2 is 1.65 bits per heavy atom. The molecule has 1 unspecified atom stereocenters. The number of halogens is 1. The van der Waals surface area contributed by atoms with E-state index < -0.39 is 17.9 Å². The number of carbonyl (C=O) groups is 2. The highest BCUT2D eigenvalue weighted by Crippen LogP contribution is 2.13. The van der Waals surface area contributed by atoms with Crippen LogP contribution < -0.4 is 5.73 Å². The summed E-state index contributed by atoms with van der Waals surface area (Å²) in [6.45, 7) is 3.86. The van der Waals surface area contributed by atoms with E-state index in [-0.39, 0.29) is 25.7 Å². The topological polar surface area (TPSA) is 78.6 Å². The van der Waals surface area contributed by atoms with E-state index in [2.05, 4.69) is 15.9 Å². The standard InChI is InChI=1S/C11H20BrNO4/c1-3-16-10(14)9(11(15)17-4-2)7-8(13)5-6-12/h8-9H,3-7,13H2,1-2H3. The number of rotatable bonds is 8. The molecule has 0 radical (unpaired) electrons. The summed E-state index contributed by atoms with van der Waals surface area (Å²) in [6.07, 6.45) is 0.943. The second-order valence-corrected chi connectivity index (χ2v) is 4.32. The molecular formula is C11H20BrNO4. The van der Waals surface area contributed by atoms with Gasteiger partial charge in [0, 0.05) is 11.4 Å². The van der Waals surface area contributed by atoms with E-state index in [0.717, 1.165) is 5.33 Å². The molecule has 100 valence electrons. The van der Waals surface area contributed by atoms with Crippen LogP contribution in [0.1, 0.15) is 26.7 Å². The zero-order valence-corrected chi connectivity index (χ0v) is 11.9. The molecule has 0 aliphatic rings. The minimum atomic E-state index is -0.913. The van der Waals surface area contributed by atoms with Crippen LogP contribution in [0.3, 0.4) is 0 Å². The Kier molecular flexibility index (Phi) is 9.07. The van der Waals surface area contributed by atoms with E-state index in [9.17, 15) is 9.59 Å². The lowest BCUT2D eigenvalue weighted by molar-refractivity contribution is -0.162. The quantitative estimate of drug-likeness (QED) is 0.414. The first-order valence-electron chi connectivity index (χ1n) is 5.71. The number of ether oxygens (including phenoxy) is 2. The van der Waals surface area contributed by atoms with Crippen LogP contribution in [0.5, 0.6) is 0 Å². The van der Waals surface area contributed by atoms with E-state index in [0.29, 0.717) is 6.42 Å². The molecule has 0 aliphatic carbocycles. The second kappa shape index (κ2) is 9.41. The predicted molar refractivity (Wildman–Crippen MR) is 67.8 cm³/mol.